The van der Waals surface area contributed by atoms with Crippen LogP contribution in [0.25, 0.3) is 27.5 Å². The zero-order valence-corrected chi connectivity index (χ0v) is 20.1. The third-order valence-electron chi connectivity index (χ3n) is 5.83. The number of fused-ring (bicyclic) bond motifs is 3. The third-order valence-corrected chi connectivity index (χ3v) is 6.76. The Kier molecular flexibility index (Phi) is 5.98. The number of carbonyl (C=O) groups excluding carboxylic acids is 1. The molecule has 7 nitrogen and oxygen atoms in total. The number of aromatic nitrogens is 4. The molecule has 0 saturated carbocycles. The molecule has 0 atom stereocenters. The summed E-state index contributed by atoms with van der Waals surface area (Å²) in [6.45, 7) is 4.93. The van der Waals surface area contributed by atoms with Crippen LogP contribution in [0, 0.1) is 6.92 Å². The molecule has 0 unspecified atom stereocenters. The minimum atomic E-state index is -0.0921. The molecule has 0 fully saturated rings. The van der Waals surface area contributed by atoms with Crippen molar-refractivity contribution in [2.75, 3.05) is 18.2 Å². The lowest BCUT2D eigenvalue weighted by molar-refractivity contribution is -0.113. The first kappa shape index (κ1) is 22.0. The summed E-state index contributed by atoms with van der Waals surface area (Å²) in [5, 5.41) is 14.5. The van der Waals surface area contributed by atoms with Gasteiger partial charge in [0.1, 0.15) is 11.6 Å². The summed E-state index contributed by atoms with van der Waals surface area (Å²) < 4.78 is 9.47. The minimum Gasteiger partial charge on any atom is -0.497 e. The van der Waals surface area contributed by atoms with Crippen molar-refractivity contribution in [2.24, 2.45) is 0 Å². The molecule has 0 bridgehead atoms. The Hall–Kier alpha value is -3.78. The van der Waals surface area contributed by atoms with Gasteiger partial charge in [0, 0.05) is 39.7 Å². The number of nitrogens with zero attached hydrogens (tertiary/aromatic N) is 4. The van der Waals surface area contributed by atoms with Crippen LogP contribution < -0.4 is 10.1 Å². The van der Waals surface area contributed by atoms with Crippen molar-refractivity contribution in [3.8, 4) is 11.4 Å². The Bertz CT molecular complexity index is 1490. The van der Waals surface area contributed by atoms with Crippen molar-refractivity contribution in [1.29, 1.82) is 0 Å². The summed E-state index contributed by atoms with van der Waals surface area (Å²) in [6.07, 6.45) is 0. The van der Waals surface area contributed by atoms with Gasteiger partial charge in [0.2, 0.25) is 5.91 Å². The van der Waals surface area contributed by atoms with Gasteiger partial charge in [-0.05, 0) is 62.4 Å². The van der Waals surface area contributed by atoms with Gasteiger partial charge < -0.3 is 14.6 Å². The Morgan fingerprint density at radius 2 is 1.76 bits per heavy atom. The topological polar surface area (TPSA) is 74.0 Å². The predicted octanol–water partition coefficient (Wildman–Crippen LogP) is 5.44. The van der Waals surface area contributed by atoms with Gasteiger partial charge in [-0.2, -0.15) is 0 Å². The zero-order chi connectivity index (χ0) is 23.7. The molecule has 8 heteroatoms. The maximum absolute atomic E-state index is 12.8. The van der Waals surface area contributed by atoms with Crippen LogP contribution in [0.2, 0.25) is 0 Å². The normalized spacial score (nSPS) is 11.3. The van der Waals surface area contributed by atoms with Crippen molar-refractivity contribution in [2.45, 2.75) is 25.5 Å². The van der Waals surface area contributed by atoms with E-state index >= 15 is 0 Å². The van der Waals surface area contributed by atoms with E-state index in [0.717, 1.165) is 34.9 Å². The molecule has 5 rings (SSSR count). The molecule has 0 spiro atoms. The van der Waals surface area contributed by atoms with E-state index in [4.69, 9.17) is 4.74 Å². The Morgan fingerprint density at radius 3 is 2.53 bits per heavy atom. The molecular formula is C26H25N5O2S. The van der Waals surface area contributed by atoms with Gasteiger partial charge in [-0.3, -0.25) is 9.36 Å². The standard InChI is InChI=1S/C26H25N5O2S/c1-4-30-23-8-6-5-7-21(23)22-15-18(9-14-24(22)30)27-25(32)16-34-26-29-28-17(2)31(26)19-10-12-20(33-3)13-11-19/h5-15H,4,16H2,1-3H3,(H,27,32). The average Bonchev–Trinajstić information content (AvgIpc) is 3.39. The fraction of sp³-hybridized carbons (Fsp3) is 0.192. The van der Waals surface area contributed by atoms with Gasteiger partial charge in [0.25, 0.3) is 0 Å². The summed E-state index contributed by atoms with van der Waals surface area (Å²) in [5.74, 6) is 1.67. The first-order chi connectivity index (χ1) is 16.6. The van der Waals surface area contributed by atoms with E-state index < -0.39 is 0 Å². The number of rotatable bonds is 7. The molecule has 1 N–H and O–H groups in total. The molecule has 2 heterocycles. The maximum atomic E-state index is 12.8. The van der Waals surface area contributed by atoms with Gasteiger partial charge >= 0.3 is 0 Å². The number of hydrogen-bond donors (Lipinski definition) is 1. The van der Waals surface area contributed by atoms with Crippen LogP contribution in [0.1, 0.15) is 12.7 Å². The smallest absolute Gasteiger partial charge is 0.234 e. The highest BCUT2D eigenvalue weighted by Crippen LogP contribution is 2.31. The number of nitrogens with one attached hydrogen (secondary N) is 1. The lowest BCUT2D eigenvalue weighted by Crippen LogP contribution is -2.14. The highest BCUT2D eigenvalue weighted by atomic mass is 32.2. The Morgan fingerprint density at radius 1 is 1.00 bits per heavy atom. The van der Waals surface area contributed by atoms with Gasteiger partial charge in [0.15, 0.2) is 5.16 Å². The van der Waals surface area contributed by atoms with E-state index in [1.165, 1.54) is 28.2 Å². The number of hydrogen-bond acceptors (Lipinski definition) is 5. The lowest BCUT2D eigenvalue weighted by atomic mass is 10.1. The van der Waals surface area contributed by atoms with Crippen LogP contribution in [0.5, 0.6) is 5.75 Å². The molecule has 0 aliphatic rings. The quantitative estimate of drug-likeness (QED) is 0.320. The Labute approximate surface area is 201 Å². The van der Waals surface area contributed by atoms with E-state index in [1.54, 1.807) is 7.11 Å². The first-order valence-corrected chi connectivity index (χ1v) is 12.1. The molecule has 172 valence electrons. The molecule has 0 radical (unpaired) electrons. The number of ether oxygens (including phenoxy) is 1. The number of carbonyl (C=O) groups is 1. The summed E-state index contributed by atoms with van der Waals surface area (Å²) >= 11 is 1.36. The third kappa shape index (κ3) is 4.01. The van der Waals surface area contributed by atoms with Crippen molar-refractivity contribution < 1.29 is 9.53 Å². The number of thioether (sulfide) groups is 1. The second kappa shape index (κ2) is 9.23. The van der Waals surface area contributed by atoms with Gasteiger partial charge in [-0.1, -0.05) is 30.0 Å². The number of amides is 1. The minimum absolute atomic E-state index is 0.0921. The second-order valence-corrected chi connectivity index (χ2v) is 8.84. The van der Waals surface area contributed by atoms with E-state index in [1.807, 2.05) is 47.9 Å². The predicted molar refractivity (Wildman–Crippen MR) is 137 cm³/mol. The monoisotopic (exact) mass is 471 g/mol. The highest BCUT2D eigenvalue weighted by molar-refractivity contribution is 7.99. The van der Waals surface area contributed by atoms with Crippen LogP contribution in [0.3, 0.4) is 0 Å². The zero-order valence-electron chi connectivity index (χ0n) is 19.3. The summed E-state index contributed by atoms with van der Waals surface area (Å²) in [6, 6.07) is 22.1. The van der Waals surface area contributed by atoms with Crippen molar-refractivity contribution in [3.05, 3.63) is 72.6 Å². The molecule has 0 saturated heterocycles. The summed E-state index contributed by atoms with van der Waals surface area (Å²) in [5.41, 5.74) is 4.07. The van der Waals surface area contributed by atoms with Crippen molar-refractivity contribution in [1.82, 2.24) is 19.3 Å². The van der Waals surface area contributed by atoms with E-state index in [2.05, 4.69) is 57.3 Å². The molecule has 1 amide bonds. The molecule has 2 aromatic heterocycles. The molecule has 0 aliphatic heterocycles. The molecule has 3 aromatic carbocycles. The molecule has 5 aromatic rings. The van der Waals surface area contributed by atoms with Gasteiger partial charge in [-0.15, -0.1) is 10.2 Å². The fourth-order valence-electron chi connectivity index (χ4n) is 4.26. The fourth-order valence-corrected chi connectivity index (χ4v) is 5.06. The number of aryl methyl sites for hydroxylation is 2. The number of methoxy groups -OCH3 is 1. The largest absolute Gasteiger partial charge is 0.497 e. The lowest BCUT2D eigenvalue weighted by Gasteiger charge is -2.10. The first-order valence-electron chi connectivity index (χ1n) is 11.1. The van der Waals surface area contributed by atoms with Crippen LogP contribution in [0.15, 0.2) is 71.9 Å². The van der Waals surface area contributed by atoms with Crippen LogP contribution in [-0.4, -0.2) is 38.1 Å². The van der Waals surface area contributed by atoms with Crippen LogP contribution in [0.4, 0.5) is 5.69 Å². The van der Waals surface area contributed by atoms with Crippen LogP contribution >= 0.6 is 11.8 Å². The van der Waals surface area contributed by atoms with E-state index in [-0.39, 0.29) is 11.7 Å². The SMILES string of the molecule is CCn1c2ccccc2c2cc(NC(=O)CSc3nnc(C)n3-c3ccc(OC)cc3)ccc21. The maximum Gasteiger partial charge on any atom is 0.234 e. The number of anilines is 1. The molecule has 0 aliphatic carbocycles. The summed E-state index contributed by atoms with van der Waals surface area (Å²) in [7, 11) is 1.64. The highest BCUT2D eigenvalue weighted by Gasteiger charge is 2.15. The number of para-hydroxylation sites is 1. The van der Waals surface area contributed by atoms with Crippen LogP contribution in [-0.2, 0) is 11.3 Å². The van der Waals surface area contributed by atoms with Gasteiger partial charge in [0.05, 0.1) is 12.9 Å². The van der Waals surface area contributed by atoms with Crippen molar-refractivity contribution >= 4 is 45.2 Å². The Balaban J connectivity index is 1.33. The molecule has 34 heavy (non-hydrogen) atoms. The van der Waals surface area contributed by atoms with Crippen molar-refractivity contribution in [3.63, 3.8) is 0 Å². The van der Waals surface area contributed by atoms with Gasteiger partial charge in [-0.25, -0.2) is 0 Å². The average molecular weight is 472 g/mol. The molecular weight excluding hydrogens is 446 g/mol. The van der Waals surface area contributed by atoms with E-state index in [9.17, 15) is 4.79 Å². The number of benzene rings is 3. The second-order valence-electron chi connectivity index (χ2n) is 7.89. The van der Waals surface area contributed by atoms with E-state index in [0.29, 0.717) is 5.16 Å². The summed E-state index contributed by atoms with van der Waals surface area (Å²) in [4.78, 5) is 12.8.